The highest BCUT2D eigenvalue weighted by molar-refractivity contribution is 7.44. The van der Waals surface area contributed by atoms with Crippen molar-refractivity contribution in [1.29, 1.82) is 0 Å². The van der Waals surface area contributed by atoms with E-state index in [0.717, 1.165) is 6.04 Å². The van der Waals surface area contributed by atoms with Gasteiger partial charge in [0.1, 0.15) is 0 Å². The molecule has 3 heteroatoms. The van der Waals surface area contributed by atoms with Crippen LogP contribution in [0.3, 0.4) is 0 Å². The molecule has 0 aromatic carbocycles. The van der Waals surface area contributed by atoms with Crippen LogP contribution in [0.25, 0.3) is 0 Å². The van der Waals surface area contributed by atoms with Gasteiger partial charge in [0.05, 0.1) is 0 Å². The SMILES string of the molecule is CC(C[Si](C)(Cl)Cl)C1C=CC=C1. The summed E-state index contributed by atoms with van der Waals surface area (Å²) >= 11 is 12.1. The fourth-order valence-electron chi connectivity index (χ4n) is 1.53. The summed E-state index contributed by atoms with van der Waals surface area (Å²) in [5.74, 6) is 1.13. The summed E-state index contributed by atoms with van der Waals surface area (Å²) in [5, 5.41) is 0. The smallest absolute Gasteiger partial charge is 0.146 e. The van der Waals surface area contributed by atoms with Gasteiger partial charge < -0.3 is 0 Å². The zero-order chi connectivity index (χ0) is 9.19. The van der Waals surface area contributed by atoms with Gasteiger partial charge in [0.25, 0.3) is 0 Å². The molecule has 1 unspecified atom stereocenters. The van der Waals surface area contributed by atoms with Crippen LogP contribution in [0, 0.1) is 11.8 Å². The number of hydrogen-bond donors (Lipinski definition) is 0. The van der Waals surface area contributed by atoms with Crippen molar-refractivity contribution in [3.05, 3.63) is 24.3 Å². The van der Waals surface area contributed by atoms with Crippen LogP contribution >= 0.6 is 22.2 Å². The van der Waals surface area contributed by atoms with Gasteiger partial charge in [-0.1, -0.05) is 31.2 Å². The zero-order valence-corrected chi connectivity index (χ0v) is 9.94. The molecule has 68 valence electrons. The number of halogens is 2. The number of rotatable bonds is 3. The van der Waals surface area contributed by atoms with Crippen LogP contribution in [0.15, 0.2) is 24.3 Å². The van der Waals surface area contributed by atoms with Crippen molar-refractivity contribution in [2.24, 2.45) is 11.8 Å². The maximum atomic E-state index is 6.06. The second-order valence-corrected chi connectivity index (χ2v) is 11.7. The summed E-state index contributed by atoms with van der Waals surface area (Å²) in [6.07, 6.45) is 8.59. The molecule has 0 nitrogen and oxygen atoms in total. The lowest BCUT2D eigenvalue weighted by Crippen LogP contribution is -2.20. The molecule has 1 atom stereocenters. The van der Waals surface area contributed by atoms with E-state index in [1.807, 2.05) is 6.55 Å². The lowest BCUT2D eigenvalue weighted by Gasteiger charge is -2.20. The Morgan fingerprint density at radius 1 is 1.33 bits per heavy atom. The van der Waals surface area contributed by atoms with Crippen molar-refractivity contribution in [3.63, 3.8) is 0 Å². The van der Waals surface area contributed by atoms with E-state index in [-0.39, 0.29) is 0 Å². The Hall–Kier alpha value is 0.277. The summed E-state index contributed by atoms with van der Waals surface area (Å²) in [6, 6.07) is 0.968. The molecular formula is C9H14Cl2Si. The van der Waals surface area contributed by atoms with Gasteiger partial charge in [-0.3, -0.25) is 0 Å². The Bertz CT molecular complexity index is 191. The quantitative estimate of drug-likeness (QED) is 0.500. The van der Waals surface area contributed by atoms with Gasteiger partial charge in [0, 0.05) is 0 Å². The Balaban J connectivity index is 2.43. The average Bonchev–Trinajstić information content (AvgIpc) is 2.32. The van der Waals surface area contributed by atoms with Gasteiger partial charge in [-0.25, -0.2) is 0 Å². The summed E-state index contributed by atoms with van der Waals surface area (Å²) in [4.78, 5) is 0. The Morgan fingerprint density at radius 3 is 2.25 bits per heavy atom. The zero-order valence-electron chi connectivity index (χ0n) is 7.43. The van der Waals surface area contributed by atoms with E-state index in [0.29, 0.717) is 11.8 Å². The first-order valence-corrected chi connectivity index (χ1v) is 8.95. The Morgan fingerprint density at radius 2 is 1.83 bits per heavy atom. The first-order chi connectivity index (χ1) is 5.49. The van der Waals surface area contributed by atoms with Gasteiger partial charge in [0.2, 0.25) is 6.69 Å². The van der Waals surface area contributed by atoms with Gasteiger partial charge in [-0.2, -0.15) is 0 Å². The van der Waals surface area contributed by atoms with E-state index >= 15 is 0 Å². The minimum absolute atomic E-state index is 0.550. The molecular weight excluding hydrogens is 207 g/mol. The van der Waals surface area contributed by atoms with Gasteiger partial charge in [0.15, 0.2) is 0 Å². The summed E-state index contributed by atoms with van der Waals surface area (Å²) in [6.45, 7) is 2.28. The molecule has 0 bridgehead atoms. The molecule has 0 heterocycles. The topological polar surface area (TPSA) is 0 Å². The fraction of sp³-hybridized carbons (Fsp3) is 0.556. The van der Waals surface area contributed by atoms with Gasteiger partial charge in [-0.05, 0) is 24.4 Å². The van der Waals surface area contributed by atoms with Crippen molar-refractivity contribution in [2.45, 2.75) is 19.5 Å². The average molecular weight is 221 g/mol. The summed E-state index contributed by atoms with van der Waals surface area (Å²) in [7, 11) is 0. The highest BCUT2D eigenvalue weighted by Gasteiger charge is 2.27. The second kappa shape index (κ2) is 3.99. The standard InChI is InChI=1S/C9H14Cl2Si/c1-8(7-12(2,10)11)9-5-3-4-6-9/h3-6,8-9H,7H2,1-2H3. The first kappa shape index (κ1) is 10.4. The third-order valence-corrected chi connectivity index (χ3v) is 4.40. The maximum absolute atomic E-state index is 6.06. The van der Waals surface area contributed by atoms with Crippen LogP contribution in [0.1, 0.15) is 6.92 Å². The lowest BCUT2D eigenvalue weighted by atomic mass is 9.98. The summed E-state index contributed by atoms with van der Waals surface area (Å²) < 4.78 is 0. The molecule has 0 aliphatic heterocycles. The van der Waals surface area contributed by atoms with E-state index in [4.69, 9.17) is 22.2 Å². The molecule has 0 fully saturated rings. The van der Waals surface area contributed by atoms with E-state index in [1.54, 1.807) is 0 Å². The Kier molecular flexibility index (Phi) is 3.44. The summed E-state index contributed by atoms with van der Waals surface area (Å²) in [5.41, 5.74) is 0. The van der Waals surface area contributed by atoms with Gasteiger partial charge >= 0.3 is 0 Å². The molecule has 12 heavy (non-hydrogen) atoms. The van der Waals surface area contributed by atoms with E-state index in [2.05, 4.69) is 31.2 Å². The largest absolute Gasteiger partial charge is 0.248 e. The minimum atomic E-state index is -1.91. The molecule has 0 N–H and O–H groups in total. The third-order valence-electron chi connectivity index (χ3n) is 2.12. The van der Waals surface area contributed by atoms with Crippen LogP contribution in [0.4, 0.5) is 0 Å². The highest BCUT2D eigenvalue weighted by Crippen LogP contribution is 2.31. The van der Waals surface area contributed by atoms with Crippen molar-refractivity contribution in [1.82, 2.24) is 0 Å². The van der Waals surface area contributed by atoms with E-state index in [1.165, 1.54) is 0 Å². The lowest BCUT2D eigenvalue weighted by molar-refractivity contribution is 0.551. The van der Waals surface area contributed by atoms with Crippen LogP contribution in [0.2, 0.25) is 12.6 Å². The van der Waals surface area contributed by atoms with Crippen LogP contribution in [-0.4, -0.2) is 6.69 Å². The molecule has 0 aromatic rings. The Labute approximate surface area is 84.7 Å². The highest BCUT2D eigenvalue weighted by atomic mass is 35.7. The van der Waals surface area contributed by atoms with Crippen molar-refractivity contribution in [2.75, 3.05) is 0 Å². The first-order valence-electron chi connectivity index (χ1n) is 4.22. The molecule has 0 radical (unpaired) electrons. The van der Waals surface area contributed by atoms with E-state index in [9.17, 15) is 0 Å². The molecule has 0 saturated carbocycles. The molecule has 1 rings (SSSR count). The third kappa shape index (κ3) is 3.34. The number of allylic oxidation sites excluding steroid dienone is 4. The van der Waals surface area contributed by atoms with Crippen molar-refractivity contribution < 1.29 is 0 Å². The normalized spacial score (nSPS) is 20.3. The molecule has 0 aromatic heterocycles. The number of hydrogen-bond acceptors (Lipinski definition) is 0. The van der Waals surface area contributed by atoms with Crippen molar-refractivity contribution in [3.8, 4) is 0 Å². The van der Waals surface area contributed by atoms with Crippen LogP contribution < -0.4 is 0 Å². The fourth-order valence-corrected chi connectivity index (χ4v) is 4.39. The molecule has 0 spiro atoms. The molecule has 0 saturated heterocycles. The van der Waals surface area contributed by atoms with Crippen LogP contribution in [-0.2, 0) is 0 Å². The molecule has 0 amide bonds. The predicted octanol–water partition coefficient (Wildman–Crippen LogP) is 3.91. The predicted molar refractivity (Wildman–Crippen MR) is 59.1 cm³/mol. The molecule has 1 aliphatic rings. The van der Waals surface area contributed by atoms with E-state index < -0.39 is 6.69 Å². The molecule has 1 aliphatic carbocycles. The van der Waals surface area contributed by atoms with Crippen molar-refractivity contribution >= 4 is 28.9 Å². The van der Waals surface area contributed by atoms with Crippen LogP contribution in [0.5, 0.6) is 0 Å². The second-order valence-electron chi connectivity index (χ2n) is 3.60. The van der Waals surface area contributed by atoms with Gasteiger partial charge in [-0.15, -0.1) is 22.2 Å². The maximum Gasteiger partial charge on any atom is 0.248 e. The minimum Gasteiger partial charge on any atom is -0.146 e. The monoisotopic (exact) mass is 220 g/mol.